The van der Waals surface area contributed by atoms with Crippen LogP contribution in [0.4, 0.5) is 0 Å². The van der Waals surface area contributed by atoms with Gasteiger partial charge in [0.25, 0.3) is 0 Å². The molecule has 3 heterocycles. The normalized spacial score (nSPS) is 56.1. The molecule has 0 aromatic heterocycles. The van der Waals surface area contributed by atoms with E-state index in [1.165, 1.54) is 6.92 Å². The quantitative estimate of drug-likeness (QED) is 0.127. The first kappa shape index (κ1) is 43.6. The molecule has 15 heteroatoms. The van der Waals surface area contributed by atoms with Gasteiger partial charge in [0.15, 0.2) is 18.7 Å². The van der Waals surface area contributed by atoms with Crippen molar-refractivity contribution in [1.82, 2.24) is 0 Å². The summed E-state index contributed by atoms with van der Waals surface area (Å²) in [5.74, 6) is -0.931. The van der Waals surface area contributed by atoms with Gasteiger partial charge in [-0.25, -0.2) is 0 Å². The van der Waals surface area contributed by atoms with Crippen molar-refractivity contribution < 1.29 is 74.1 Å². The second-order valence-corrected chi connectivity index (χ2v) is 21.6. The van der Waals surface area contributed by atoms with Crippen LogP contribution in [-0.2, 0) is 33.2 Å². The Kier molecular flexibility index (Phi) is 10.7. The number of hydrogen-bond donors (Lipinski definition) is 8. The maximum absolute atomic E-state index is 12.2. The van der Waals surface area contributed by atoms with E-state index in [-0.39, 0.29) is 52.1 Å². The van der Waals surface area contributed by atoms with E-state index < -0.39 is 103 Å². The molecule has 0 aromatic rings. The summed E-state index contributed by atoms with van der Waals surface area (Å²) in [6.07, 6.45) is -7.66. The maximum atomic E-state index is 12.2. The molecule has 0 radical (unpaired) electrons. The zero-order valence-corrected chi connectivity index (χ0v) is 35.5. The molecule has 5 aliphatic carbocycles. The Balaban J connectivity index is 1.15. The zero-order valence-electron chi connectivity index (χ0n) is 35.5. The van der Waals surface area contributed by atoms with E-state index in [0.717, 1.165) is 32.1 Å². The van der Waals surface area contributed by atoms with Crippen molar-refractivity contribution in [2.24, 2.45) is 44.8 Å². The van der Waals surface area contributed by atoms with Crippen LogP contribution in [-0.4, -0.2) is 151 Å². The predicted molar refractivity (Wildman–Crippen MR) is 203 cm³/mol. The molecule has 15 nitrogen and oxygen atoms in total. The minimum absolute atomic E-state index is 0.0829. The molecule has 58 heavy (non-hydrogen) atoms. The Bertz CT molecular complexity index is 1570. The third kappa shape index (κ3) is 6.17. The molecule has 0 bridgehead atoms. The minimum atomic E-state index is -1.62. The van der Waals surface area contributed by atoms with E-state index in [1.54, 1.807) is 13.8 Å². The van der Waals surface area contributed by atoms with E-state index in [0.29, 0.717) is 25.7 Å². The summed E-state index contributed by atoms with van der Waals surface area (Å²) in [4.78, 5) is 12.1. The third-order valence-electron chi connectivity index (χ3n) is 17.9. The Hall–Kier alpha value is -1.05. The zero-order chi connectivity index (χ0) is 42.3. The molecule has 2 spiro atoms. The molecule has 3 saturated heterocycles. The molecular formula is C43H70O15. The average molecular weight is 827 g/mol. The topological polar surface area (TPSA) is 234 Å². The van der Waals surface area contributed by atoms with Crippen molar-refractivity contribution in [3.05, 3.63) is 0 Å². The molecule has 3 aliphatic heterocycles. The largest absolute Gasteiger partial charge is 0.454 e. The number of carbonyl (C=O) groups is 1. The second kappa shape index (κ2) is 14.2. The molecular weight excluding hydrogens is 756 g/mol. The van der Waals surface area contributed by atoms with Crippen molar-refractivity contribution in [3.63, 3.8) is 0 Å². The van der Waals surface area contributed by atoms with E-state index in [9.17, 15) is 45.6 Å². The lowest BCUT2D eigenvalue weighted by molar-refractivity contribution is -0.339. The molecule has 5 saturated carbocycles. The number of fused-ring (bicyclic) bond motifs is 2. The molecule has 332 valence electrons. The van der Waals surface area contributed by atoms with Gasteiger partial charge in [-0.3, -0.25) is 4.79 Å². The van der Waals surface area contributed by atoms with Crippen molar-refractivity contribution in [2.45, 2.75) is 204 Å². The smallest absolute Gasteiger partial charge is 0.303 e. The Morgan fingerprint density at radius 2 is 1.50 bits per heavy atom. The summed E-state index contributed by atoms with van der Waals surface area (Å²) in [7, 11) is 0. The summed E-state index contributed by atoms with van der Waals surface area (Å²) >= 11 is 0. The monoisotopic (exact) mass is 826 g/mol. The van der Waals surface area contributed by atoms with Crippen LogP contribution in [0.15, 0.2) is 0 Å². The van der Waals surface area contributed by atoms with Gasteiger partial charge in [0.05, 0.1) is 48.8 Å². The highest BCUT2D eigenvalue weighted by molar-refractivity contribution is 5.66. The van der Waals surface area contributed by atoms with Crippen LogP contribution in [0.5, 0.6) is 0 Å². The van der Waals surface area contributed by atoms with Gasteiger partial charge in [0.1, 0.15) is 36.6 Å². The Morgan fingerprint density at radius 1 is 0.793 bits per heavy atom. The summed E-state index contributed by atoms with van der Waals surface area (Å²) in [6, 6.07) is 0. The van der Waals surface area contributed by atoms with Crippen molar-refractivity contribution in [3.8, 4) is 0 Å². The van der Waals surface area contributed by atoms with Crippen molar-refractivity contribution in [2.75, 3.05) is 13.2 Å². The number of rotatable bonds is 8. The van der Waals surface area contributed by atoms with E-state index >= 15 is 0 Å². The van der Waals surface area contributed by atoms with Gasteiger partial charge in [0.2, 0.25) is 0 Å². The number of carbonyl (C=O) groups excluding carboxylic acids is 1. The fourth-order valence-electron chi connectivity index (χ4n) is 15.2. The van der Waals surface area contributed by atoms with Crippen LogP contribution in [0.3, 0.4) is 0 Å². The molecule has 8 rings (SSSR count). The maximum Gasteiger partial charge on any atom is 0.303 e. The minimum Gasteiger partial charge on any atom is -0.454 e. The van der Waals surface area contributed by atoms with Gasteiger partial charge in [0, 0.05) is 12.8 Å². The van der Waals surface area contributed by atoms with Crippen LogP contribution >= 0.6 is 0 Å². The summed E-state index contributed by atoms with van der Waals surface area (Å²) in [5, 5.41) is 87.3. The highest BCUT2D eigenvalue weighted by Gasteiger charge is 2.85. The van der Waals surface area contributed by atoms with Crippen LogP contribution in [0, 0.1) is 44.8 Å². The fraction of sp³-hybridized carbons (Fsp3) is 0.977. The summed E-state index contributed by atoms with van der Waals surface area (Å²) < 4.78 is 37.8. The van der Waals surface area contributed by atoms with E-state index in [2.05, 4.69) is 34.6 Å². The van der Waals surface area contributed by atoms with Gasteiger partial charge < -0.3 is 69.3 Å². The molecule has 15 unspecified atom stereocenters. The average Bonchev–Trinajstić information content (AvgIpc) is 3.50. The van der Waals surface area contributed by atoms with Crippen molar-refractivity contribution in [1.29, 1.82) is 0 Å². The lowest BCUT2D eigenvalue weighted by Gasteiger charge is -2.65. The highest BCUT2D eigenvalue weighted by atomic mass is 16.7. The highest BCUT2D eigenvalue weighted by Crippen LogP contribution is 2.89. The molecule has 8 fully saturated rings. The third-order valence-corrected chi connectivity index (χ3v) is 17.9. The number of aliphatic hydroxyl groups is 8. The van der Waals surface area contributed by atoms with Gasteiger partial charge in [-0.2, -0.15) is 0 Å². The van der Waals surface area contributed by atoms with Crippen LogP contribution in [0.25, 0.3) is 0 Å². The van der Waals surface area contributed by atoms with Crippen molar-refractivity contribution >= 4 is 5.97 Å². The standard InChI is InChI=1S/C43H70O15/c1-20(45)54-32-28(48)22(47)18-53-36(32)57-26-10-12-43-19-42(43)14-13-39(6)33(41(8)11-9-27(58-41)38(4,5)52)21(46)16-40(39,7)25(42)15-23(34(43)37(26,2)3)55-35-31(51)30(50)29(49)24(17-44)56-35/h21-36,44,46-52H,9-19H2,1-8H3/t21-,22?,23-,24?,25?,26-,27?,28?,29?,30?,31?,32?,33?,34?,35?,36?,39+,40-,41+,42?,43?/m0/s1. The lowest BCUT2D eigenvalue weighted by Crippen LogP contribution is -2.65. The first-order valence-corrected chi connectivity index (χ1v) is 21.8. The van der Waals surface area contributed by atoms with E-state index in [4.69, 9.17) is 28.4 Å². The predicted octanol–water partition coefficient (Wildman–Crippen LogP) is 1.29. The number of ether oxygens (including phenoxy) is 6. The second-order valence-electron chi connectivity index (χ2n) is 21.6. The summed E-state index contributed by atoms with van der Waals surface area (Å²) in [5.41, 5.74) is -3.32. The Labute approximate surface area is 341 Å². The van der Waals surface area contributed by atoms with Gasteiger partial charge in [-0.05, 0) is 117 Å². The molecule has 8 N–H and O–H groups in total. The molecule has 0 amide bonds. The van der Waals surface area contributed by atoms with E-state index in [1.807, 2.05) is 0 Å². The first-order valence-electron chi connectivity index (χ1n) is 21.8. The SMILES string of the molecule is CC(=O)OC1C(O[C@H]2CCC34CC35CC[C@]3(C)C([C@@]6(C)CCC(C(C)(C)O)O6)[C@@H](O)C[C@@]3(C)C5C[C@H](OC3OC(CO)C(O)C(O)C3O)C4C2(C)C)OCC(O)C1O. The first-order chi connectivity index (χ1) is 26.9. The number of esters is 1. The summed E-state index contributed by atoms with van der Waals surface area (Å²) in [6.45, 7) is 15.0. The van der Waals surface area contributed by atoms with Crippen LogP contribution in [0.2, 0.25) is 0 Å². The molecule has 8 aliphatic rings. The molecule has 21 atom stereocenters. The van der Waals surface area contributed by atoms with Gasteiger partial charge >= 0.3 is 5.97 Å². The molecule has 0 aromatic carbocycles. The lowest BCUT2D eigenvalue weighted by atomic mass is 9.41. The number of aliphatic hydroxyl groups excluding tert-OH is 7. The Morgan fingerprint density at radius 3 is 2.14 bits per heavy atom. The van der Waals surface area contributed by atoms with Crippen LogP contribution < -0.4 is 0 Å². The van der Waals surface area contributed by atoms with Gasteiger partial charge in [-0.1, -0.05) is 27.7 Å². The number of hydrogen-bond acceptors (Lipinski definition) is 15. The van der Waals surface area contributed by atoms with Crippen LogP contribution in [0.1, 0.15) is 113 Å². The van der Waals surface area contributed by atoms with Gasteiger partial charge in [-0.15, -0.1) is 0 Å². The fourth-order valence-corrected chi connectivity index (χ4v) is 15.2.